The van der Waals surface area contributed by atoms with Crippen LogP contribution in [-0.4, -0.2) is 28.7 Å². The van der Waals surface area contributed by atoms with Gasteiger partial charge < -0.3 is 14.9 Å². The Kier molecular flexibility index (Phi) is 6.27. The van der Waals surface area contributed by atoms with E-state index in [0.717, 1.165) is 12.8 Å². The maximum atomic E-state index is 13.0. The molecule has 25 heavy (non-hydrogen) atoms. The van der Waals surface area contributed by atoms with Crippen molar-refractivity contribution < 1.29 is 23.6 Å². The SMILES string of the molecule is CCC(CC)c1cc(C(=O)NCC(C(=O)O)c2ccc(F)cc2)on1. The number of carbonyl (C=O) groups is 2. The monoisotopic (exact) mass is 348 g/mol. The number of aromatic nitrogens is 1. The van der Waals surface area contributed by atoms with Crippen molar-refractivity contribution in [2.45, 2.75) is 38.5 Å². The Balaban J connectivity index is 2.04. The predicted octanol–water partition coefficient (Wildman–Crippen LogP) is 3.32. The second-order valence-corrected chi connectivity index (χ2v) is 5.78. The van der Waals surface area contributed by atoms with Crippen molar-refractivity contribution in [2.24, 2.45) is 0 Å². The molecule has 134 valence electrons. The Labute approximate surface area is 145 Å². The highest BCUT2D eigenvalue weighted by molar-refractivity contribution is 5.92. The van der Waals surface area contributed by atoms with Gasteiger partial charge in [0.2, 0.25) is 5.76 Å². The molecule has 2 rings (SSSR count). The first kappa shape index (κ1) is 18.6. The van der Waals surface area contributed by atoms with Crippen molar-refractivity contribution in [1.29, 1.82) is 0 Å². The summed E-state index contributed by atoms with van der Waals surface area (Å²) in [4.78, 5) is 23.6. The zero-order valence-corrected chi connectivity index (χ0v) is 14.2. The third-order valence-electron chi connectivity index (χ3n) is 4.19. The molecule has 0 saturated carbocycles. The number of halogens is 1. The molecule has 1 atom stereocenters. The molecule has 0 aliphatic heterocycles. The highest BCUT2D eigenvalue weighted by Crippen LogP contribution is 2.22. The van der Waals surface area contributed by atoms with Crippen LogP contribution < -0.4 is 5.32 Å². The fourth-order valence-electron chi connectivity index (χ4n) is 2.62. The molecule has 7 heteroatoms. The van der Waals surface area contributed by atoms with Crippen molar-refractivity contribution in [3.63, 3.8) is 0 Å². The summed E-state index contributed by atoms with van der Waals surface area (Å²) in [5.74, 6) is -2.81. The van der Waals surface area contributed by atoms with Crippen molar-refractivity contribution in [1.82, 2.24) is 10.5 Å². The molecule has 1 heterocycles. The van der Waals surface area contributed by atoms with Gasteiger partial charge in [0.25, 0.3) is 5.91 Å². The van der Waals surface area contributed by atoms with E-state index in [1.807, 2.05) is 13.8 Å². The lowest BCUT2D eigenvalue weighted by Gasteiger charge is -2.13. The lowest BCUT2D eigenvalue weighted by Crippen LogP contribution is -2.31. The van der Waals surface area contributed by atoms with Gasteiger partial charge in [0.05, 0.1) is 11.6 Å². The van der Waals surface area contributed by atoms with Crippen LogP contribution in [0, 0.1) is 5.82 Å². The summed E-state index contributed by atoms with van der Waals surface area (Å²) < 4.78 is 18.0. The van der Waals surface area contributed by atoms with Gasteiger partial charge in [-0.3, -0.25) is 9.59 Å². The van der Waals surface area contributed by atoms with Gasteiger partial charge in [-0.15, -0.1) is 0 Å². The van der Waals surface area contributed by atoms with Gasteiger partial charge in [-0.25, -0.2) is 4.39 Å². The maximum absolute atomic E-state index is 13.0. The van der Waals surface area contributed by atoms with Gasteiger partial charge in [0.15, 0.2) is 0 Å². The molecule has 0 saturated heterocycles. The standard InChI is InChI=1S/C18H21FN2O4/c1-3-11(4-2)15-9-16(25-21-15)17(22)20-10-14(18(23)24)12-5-7-13(19)8-6-12/h5-9,11,14H,3-4,10H2,1-2H3,(H,20,22)(H,23,24). The van der Waals surface area contributed by atoms with E-state index < -0.39 is 23.6 Å². The summed E-state index contributed by atoms with van der Waals surface area (Å²) in [6.45, 7) is 3.92. The number of nitrogens with zero attached hydrogens (tertiary/aromatic N) is 1. The van der Waals surface area contributed by atoms with Gasteiger partial charge >= 0.3 is 5.97 Å². The van der Waals surface area contributed by atoms with Crippen LogP contribution in [0.1, 0.15) is 60.3 Å². The molecule has 2 aromatic rings. The lowest BCUT2D eigenvalue weighted by molar-refractivity contribution is -0.138. The lowest BCUT2D eigenvalue weighted by atomic mass is 9.99. The Morgan fingerprint density at radius 1 is 1.24 bits per heavy atom. The number of amides is 1. The van der Waals surface area contributed by atoms with E-state index in [1.54, 1.807) is 6.07 Å². The fourth-order valence-corrected chi connectivity index (χ4v) is 2.62. The molecular weight excluding hydrogens is 327 g/mol. The van der Waals surface area contributed by atoms with Gasteiger partial charge in [0, 0.05) is 18.5 Å². The van der Waals surface area contributed by atoms with E-state index in [9.17, 15) is 19.1 Å². The first-order chi connectivity index (χ1) is 12.0. The summed E-state index contributed by atoms with van der Waals surface area (Å²) in [7, 11) is 0. The number of carbonyl (C=O) groups excluding carboxylic acids is 1. The first-order valence-corrected chi connectivity index (χ1v) is 8.19. The summed E-state index contributed by atoms with van der Waals surface area (Å²) in [6.07, 6.45) is 1.77. The smallest absolute Gasteiger partial charge is 0.312 e. The number of carboxylic acids is 1. The topological polar surface area (TPSA) is 92.4 Å². The summed E-state index contributed by atoms with van der Waals surface area (Å²) in [6, 6.07) is 6.73. The van der Waals surface area contributed by atoms with Gasteiger partial charge in [-0.05, 0) is 30.5 Å². The zero-order valence-electron chi connectivity index (χ0n) is 14.2. The number of benzene rings is 1. The van der Waals surface area contributed by atoms with Crippen molar-refractivity contribution >= 4 is 11.9 Å². The van der Waals surface area contributed by atoms with E-state index >= 15 is 0 Å². The van der Waals surface area contributed by atoms with E-state index in [0.29, 0.717) is 11.3 Å². The molecule has 0 fully saturated rings. The molecular formula is C18H21FN2O4. The van der Waals surface area contributed by atoms with Gasteiger partial charge in [0.1, 0.15) is 5.82 Å². The number of aliphatic carboxylic acids is 1. The number of carboxylic acid groups (broad SMARTS) is 1. The Morgan fingerprint density at radius 3 is 2.44 bits per heavy atom. The first-order valence-electron chi connectivity index (χ1n) is 8.19. The number of hydrogen-bond donors (Lipinski definition) is 2. The minimum atomic E-state index is -1.11. The molecule has 0 aliphatic carbocycles. The van der Waals surface area contributed by atoms with Crippen LogP contribution in [0.5, 0.6) is 0 Å². The highest BCUT2D eigenvalue weighted by atomic mass is 19.1. The fraction of sp³-hybridized carbons (Fsp3) is 0.389. The van der Waals surface area contributed by atoms with Crippen LogP contribution in [0.25, 0.3) is 0 Å². The van der Waals surface area contributed by atoms with Crippen LogP contribution in [-0.2, 0) is 4.79 Å². The average Bonchev–Trinajstić information content (AvgIpc) is 3.07. The summed E-state index contributed by atoms with van der Waals surface area (Å²) >= 11 is 0. The molecule has 1 aromatic heterocycles. The third-order valence-corrected chi connectivity index (χ3v) is 4.19. The number of nitrogens with one attached hydrogen (secondary N) is 1. The zero-order chi connectivity index (χ0) is 18.4. The molecule has 6 nitrogen and oxygen atoms in total. The van der Waals surface area contributed by atoms with E-state index in [2.05, 4.69) is 10.5 Å². The Morgan fingerprint density at radius 2 is 1.88 bits per heavy atom. The average molecular weight is 348 g/mol. The minimum Gasteiger partial charge on any atom is -0.481 e. The van der Waals surface area contributed by atoms with Crippen LogP contribution in [0.4, 0.5) is 4.39 Å². The molecule has 0 aliphatic rings. The predicted molar refractivity (Wildman–Crippen MR) is 88.9 cm³/mol. The van der Waals surface area contributed by atoms with Crippen molar-refractivity contribution in [3.8, 4) is 0 Å². The molecule has 1 unspecified atom stereocenters. The quantitative estimate of drug-likeness (QED) is 0.763. The van der Waals surface area contributed by atoms with Crippen LogP contribution >= 0.6 is 0 Å². The van der Waals surface area contributed by atoms with Gasteiger partial charge in [-0.1, -0.05) is 31.1 Å². The molecule has 0 bridgehead atoms. The molecule has 1 aromatic carbocycles. The second-order valence-electron chi connectivity index (χ2n) is 5.78. The Bertz CT molecular complexity index is 723. The Hall–Kier alpha value is -2.70. The molecule has 0 spiro atoms. The number of hydrogen-bond acceptors (Lipinski definition) is 4. The third kappa shape index (κ3) is 4.65. The maximum Gasteiger partial charge on any atom is 0.312 e. The van der Waals surface area contributed by atoms with Crippen molar-refractivity contribution in [3.05, 3.63) is 53.2 Å². The van der Waals surface area contributed by atoms with E-state index in [-0.39, 0.29) is 18.2 Å². The van der Waals surface area contributed by atoms with E-state index in [1.165, 1.54) is 24.3 Å². The molecule has 2 N–H and O–H groups in total. The van der Waals surface area contributed by atoms with E-state index in [4.69, 9.17) is 4.52 Å². The van der Waals surface area contributed by atoms with Crippen LogP contribution in [0.3, 0.4) is 0 Å². The largest absolute Gasteiger partial charge is 0.481 e. The van der Waals surface area contributed by atoms with Crippen LogP contribution in [0.15, 0.2) is 34.9 Å². The molecule has 0 radical (unpaired) electrons. The normalized spacial score (nSPS) is 12.2. The second kappa shape index (κ2) is 8.41. The van der Waals surface area contributed by atoms with Gasteiger partial charge in [-0.2, -0.15) is 0 Å². The van der Waals surface area contributed by atoms with Crippen molar-refractivity contribution in [2.75, 3.05) is 6.54 Å². The summed E-state index contributed by atoms with van der Waals surface area (Å²) in [5, 5.41) is 15.8. The number of rotatable bonds is 8. The molecule has 1 amide bonds. The highest BCUT2D eigenvalue weighted by Gasteiger charge is 2.23. The minimum absolute atomic E-state index is 0.0464. The van der Waals surface area contributed by atoms with Crippen LogP contribution in [0.2, 0.25) is 0 Å². The summed E-state index contributed by atoms with van der Waals surface area (Å²) in [5.41, 5.74) is 1.12.